The predicted molar refractivity (Wildman–Crippen MR) is 70.7 cm³/mol. The molecule has 0 aromatic carbocycles. The molecule has 1 aromatic heterocycles. The summed E-state index contributed by atoms with van der Waals surface area (Å²) in [4.78, 5) is 23.3. The summed E-state index contributed by atoms with van der Waals surface area (Å²) in [6.45, 7) is 5.13. The summed E-state index contributed by atoms with van der Waals surface area (Å²) in [6.07, 6.45) is 1.93. The van der Waals surface area contributed by atoms with Crippen LogP contribution in [-0.2, 0) is 11.3 Å². The number of carboxylic acids is 1. The summed E-state index contributed by atoms with van der Waals surface area (Å²) in [7, 11) is 0. The van der Waals surface area contributed by atoms with Crippen molar-refractivity contribution < 1.29 is 14.6 Å². The van der Waals surface area contributed by atoms with Crippen LogP contribution in [0.3, 0.4) is 0 Å². The summed E-state index contributed by atoms with van der Waals surface area (Å²) >= 11 is 0. The molecule has 19 heavy (non-hydrogen) atoms. The van der Waals surface area contributed by atoms with Crippen LogP contribution in [0.25, 0.3) is 0 Å². The second-order valence-electron chi connectivity index (χ2n) is 5.18. The maximum absolute atomic E-state index is 12.2. The molecule has 1 unspecified atom stereocenters. The number of pyridine rings is 1. The Morgan fingerprint density at radius 1 is 1.53 bits per heavy atom. The van der Waals surface area contributed by atoms with E-state index in [1.807, 2.05) is 13.8 Å². The molecular formula is C14H19NO4. The molecule has 1 atom stereocenters. The first kappa shape index (κ1) is 13.8. The topological polar surface area (TPSA) is 68.5 Å². The molecule has 0 amide bonds. The Balaban J connectivity index is 2.43. The zero-order chi connectivity index (χ0) is 14.0. The molecule has 0 spiro atoms. The van der Waals surface area contributed by atoms with Crippen LogP contribution in [-0.4, -0.2) is 28.4 Å². The SMILES string of the molecule is CC(C)c1ccc(C(=O)O)c(=O)n1CC1CCCO1. The molecule has 1 aromatic rings. The molecule has 0 aliphatic carbocycles. The lowest BCUT2D eigenvalue weighted by Gasteiger charge is -2.19. The Labute approximate surface area is 111 Å². The highest BCUT2D eigenvalue weighted by atomic mass is 16.5. The fraction of sp³-hybridized carbons (Fsp3) is 0.571. The van der Waals surface area contributed by atoms with Crippen LogP contribution in [0.1, 0.15) is 48.7 Å². The fourth-order valence-electron chi connectivity index (χ4n) is 2.44. The third-order valence-corrected chi connectivity index (χ3v) is 3.44. The van der Waals surface area contributed by atoms with Crippen molar-refractivity contribution in [3.05, 3.63) is 33.7 Å². The molecule has 2 heterocycles. The van der Waals surface area contributed by atoms with E-state index in [4.69, 9.17) is 9.84 Å². The lowest BCUT2D eigenvalue weighted by Crippen LogP contribution is -2.32. The van der Waals surface area contributed by atoms with Crippen molar-refractivity contribution in [2.75, 3.05) is 6.61 Å². The van der Waals surface area contributed by atoms with Crippen molar-refractivity contribution in [2.24, 2.45) is 0 Å². The summed E-state index contributed by atoms with van der Waals surface area (Å²) in [5, 5.41) is 9.04. The zero-order valence-corrected chi connectivity index (χ0v) is 11.3. The summed E-state index contributed by atoms with van der Waals surface area (Å²) < 4.78 is 7.10. The summed E-state index contributed by atoms with van der Waals surface area (Å²) in [6, 6.07) is 3.12. The molecule has 1 saturated heterocycles. The van der Waals surface area contributed by atoms with Crippen LogP contribution >= 0.6 is 0 Å². The molecular weight excluding hydrogens is 246 g/mol. The van der Waals surface area contributed by atoms with Gasteiger partial charge in [0.15, 0.2) is 0 Å². The standard InChI is InChI=1S/C14H19NO4/c1-9(2)12-6-5-11(14(17)18)13(16)15(12)8-10-4-3-7-19-10/h5-6,9-10H,3-4,7-8H2,1-2H3,(H,17,18). The number of nitrogens with zero attached hydrogens (tertiary/aromatic N) is 1. The van der Waals surface area contributed by atoms with Gasteiger partial charge in [0, 0.05) is 12.3 Å². The number of rotatable bonds is 4. The minimum atomic E-state index is -1.18. The quantitative estimate of drug-likeness (QED) is 0.902. The number of carbonyl (C=O) groups is 1. The average molecular weight is 265 g/mol. The smallest absolute Gasteiger partial charge is 0.341 e. The second-order valence-corrected chi connectivity index (χ2v) is 5.18. The average Bonchev–Trinajstić information content (AvgIpc) is 2.83. The number of aromatic nitrogens is 1. The van der Waals surface area contributed by atoms with E-state index in [0.29, 0.717) is 6.54 Å². The van der Waals surface area contributed by atoms with Crippen molar-refractivity contribution in [3.8, 4) is 0 Å². The van der Waals surface area contributed by atoms with E-state index in [9.17, 15) is 9.59 Å². The Kier molecular flexibility index (Phi) is 4.04. The first-order chi connectivity index (χ1) is 9.00. The maximum Gasteiger partial charge on any atom is 0.341 e. The van der Waals surface area contributed by atoms with Crippen molar-refractivity contribution in [1.29, 1.82) is 0 Å². The van der Waals surface area contributed by atoms with Gasteiger partial charge >= 0.3 is 5.97 Å². The molecule has 1 aliphatic rings. The largest absolute Gasteiger partial charge is 0.477 e. The molecule has 5 nitrogen and oxygen atoms in total. The van der Waals surface area contributed by atoms with Crippen LogP contribution in [0.15, 0.2) is 16.9 Å². The number of ether oxygens (including phenoxy) is 1. The van der Waals surface area contributed by atoms with E-state index in [1.54, 1.807) is 10.6 Å². The van der Waals surface area contributed by atoms with Crippen molar-refractivity contribution in [1.82, 2.24) is 4.57 Å². The zero-order valence-electron chi connectivity index (χ0n) is 11.3. The van der Waals surface area contributed by atoms with Gasteiger partial charge in [0.05, 0.1) is 12.6 Å². The van der Waals surface area contributed by atoms with Crippen LogP contribution in [0.5, 0.6) is 0 Å². The van der Waals surface area contributed by atoms with Crippen LogP contribution in [0.2, 0.25) is 0 Å². The van der Waals surface area contributed by atoms with Gasteiger partial charge in [0.1, 0.15) is 5.56 Å². The van der Waals surface area contributed by atoms with Crippen LogP contribution in [0.4, 0.5) is 0 Å². The number of hydrogen-bond donors (Lipinski definition) is 1. The highest BCUT2D eigenvalue weighted by molar-refractivity contribution is 5.87. The molecule has 1 aliphatic heterocycles. The third-order valence-electron chi connectivity index (χ3n) is 3.44. The van der Waals surface area contributed by atoms with Crippen molar-refractivity contribution in [3.63, 3.8) is 0 Å². The van der Waals surface area contributed by atoms with Gasteiger partial charge in [-0.3, -0.25) is 4.79 Å². The van der Waals surface area contributed by atoms with Gasteiger partial charge in [-0.1, -0.05) is 13.8 Å². The third kappa shape index (κ3) is 2.87. The number of carboxylic acid groups (broad SMARTS) is 1. The van der Waals surface area contributed by atoms with E-state index in [2.05, 4.69) is 0 Å². The lowest BCUT2D eigenvalue weighted by molar-refractivity contribution is 0.0691. The second kappa shape index (κ2) is 5.57. The van der Waals surface area contributed by atoms with Gasteiger partial charge < -0.3 is 14.4 Å². The summed E-state index contributed by atoms with van der Waals surface area (Å²) in [5.41, 5.74) is 0.238. The fourth-order valence-corrected chi connectivity index (χ4v) is 2.44. The van der Waals surface area contributed by atoms with Crippen molar-refractivity contribution in [2.45, 2.75) is 45.3 Å². The summed E-state index contributed by atoms with van der Waals surface area (Å²) in [5.74, 6) is -1.02. The molecule has 0 radical (unpaired) electrons. The minimum Gasteiger partial charge on any atom is -0.477 e. The Bertz CT molecular complexity index is 527. The highest BCUT2D eigenvalue weighted by Gasteiger charge is 2.21. The minimum absolute atomic E-state index is 0.0132. The molecule has 104 valence electrons. The Morgan fingerprint density at radius 2 is 2.26 bits per heavy atom. The van der Waals surface area contributed by atoms with Gasteiger partial charge in [0.2, 0.25) is 0 Å². The predicted octanol–water partition coefficient (Wildman–Crippen LogP) is 1.85. The van der Waals surface area contributed by atoms with E-state index in [-0.39, 0.29) is 17.6 Å². The van der Waals surface area contributed by atoms with Gasteiger partial charge in [-0.2, -0.15) is 0 Å². The van der Waals surface area contributed by atoms with Gasteiger partial charge in [-0.25, -0.2) is 4.79 Å². The molecule has 1 N–H and O–H groups in total. The van der Waals surface area contributed by atoms with Crippen LogP contribution in [0, 0.1) is 0 Å². The van der Waals surface area contributed by atoms with E-state index in [1.165, 1.54) is 6.07 Å². The molecule has 1 fully saturated rings. The highest BCUT2D eigenvalue weighted by Crippen LogP contribution is 2.18. The maximum atomic E-state index is 12.2. The van der Waals surface area contributed by atoms with E-state index in [0.717, 1.165) is 25.1 Å². The van der Waals surface area contributed by atoms with E-state index >= 15 is 0 Å². The van der Waals surface area contributed by atoms with Gasteiger partial charge in [-0.15, -0.1) is 0 Å². The molecule has 5 heteroatoms. The monoisotopic (exact) mass is 265 g/mol. The molecule has 0 saturated carbocycles. The lowest BCUT2D eigenvalue weighted by atomic mass is 10.1. The Hall–Kier alpha value is -1.62. The first-order valence-corrected chi connectivity index (χ1v) is 6.59. The normalized spacial score (nSPS) is 19.0. The number of hydrogen-bond acceptors (Lipinski definition) is 3. The van der Waals surface area contributed by atoms with Gasteiger partial charge in [0.25, 0.3) is 5.56 Å². The van der Waals surface area contributed by atoms with E-state index < -0.39 is 11.5 Å². The van der Waals surface area contributed by atoms with Crippen LogP contribution < -0.4 is 5.56 Å². The molecule has 0 bridgehead atoms. The van der Waals surface area contributed by atoms with Gasteiger partial charge in [-0.05, 0) is 30.9 Å². The first-order valence-electron chi connectivity index (χ1n) is 6.59. The van der Waals surface area contributed by atoms with Crippen molar-refractivity contribution >= 4 is 5.97 Å². The molecule has 2 rings (SSSR count). The Morgan fingerprint density at radius 3 is 2.79 bits per heavy atom. The number of aromatic carboxylic acids is 1.